The van der Waals surface area contributed by atoms with Gasteiger partial charge in [0.25, 0.3) is 0 Å². The van der Waals surface area contributed by atoms with Gasteiger partial charge in [0, 0.05) is 6.04 Å². The van der Waals surface area contributed by atoms with Gasteiger partial charge in [0.1, 0.15) is 6.04 Å². The minimum absolute atomic E-state index is 0.0879. The lowest BCUT2D eigenvalue weighted by Crippen LogP contribution is -2.43. The summed E-state index contributed by atoms with van der Waals surface area (Å²) in [5.41, 5.74) is 1.25. The molecule has 0 aliphatic heterocycles. The summed E-state index contributed by atoms with van der Waals surface area (Å²) in [6.45, 7) is 1.45. The van der Waals surface area contributed by atoms with Crippen molar-refractivity contribution in [3.8, 4) is 0 Å². The first kappa shape index (κ1) is 20.0. The van der Waals surface area contributed by atoms with Gasteiger partial charge >= 0.3 is 6.18 Å². The van der Waals surface area contributed by atoms with Crippen molar-refractivity contribution < 1.29 is 18.0 Å². The van der Waals surface area contributed by atoms with Crippen LogP contribution in [-0.4, -0.2) is 24.7 Å². The average molecular weight is 364 g/mol. The molecular weight excluding hydrogens is 341 g/mol. The van der Waals surface area contributed by atoms with Crippen LogP contribution in [0.1, 0.15) is 30.5 Å². The van der Waals surface area contributed by atoms with Crippen LogP contribution in [0.5, 0.6) is 0 Å². The Morgan fingerprint density at radius 1 is 1.00 bits per heavy atom. The van der Waals surface area contributed by atoms with Gasteiger partial charge in [-0.05, 0) is 30.9 Å². The van der Waals surface area contributed by atoms with E-state index >= 15 is 0 Å². The fourth-order valence-electron chi connectivity index (χ4n) is 2.69. The van der Waals surface area contributed by atoms with Crippen molar-refractivity contribution in [1.82, 2.24) is 10.6 Å². The number of amides is 1. The number of nitrogens with one attached hydrogen (secondary N) is 2. The molecule has 0 aliphatic carbocycles. The fourth-order valence-corrected chi connectivity index (χ4v) is 2.69. The third-order valence-electron chi connectivity index (χ3n) is 4.04. The van der Waals surface area contributed by atoms with Crippen LogP contribution in [0.3, 0.4) is 0 Å². The summed E-state index contributed by atoms with van der Waals surface area (Å²) in [4.78, 5) is 12.0. The van der Waals surface area contributed by atoms with E-state index in [2.05, 4.69) is 10.6 Å². The number of hydrogen-bond donors (Lipinski definition) is 2. The monoisotopic (exact) mass is 364 g/mol. The van der Waals surface area contributed by atoms with Gasteiger partial charge in [0.05, 0.1) is 6.54 Å². The van der Waals surface area contributed by atoms with Crippen molar-refractivity contribution in [2.75, 3.05) is 6.54 Å². The van der Waals surface area contributed by atoms with Crippen molar-refractivity contribution in [3.05, 3.63) is 71.8 Å². The van der Waals surface area contributed by atoms with Crippen molar-refractivity contribution in [1.29, 1.82) is 0 Å². The molecule has 0 bridgehead atoms. The van der Waals surface area contributed by atoms with Crippen molar-refractivity contribution >= 4 is 5.91 Å². The summed E-state index contributed by atoms with van der Waals surface area (Å²) in [6.07, 6.45) is -2.96. The molecule has 140 valence electrons. The van der Waals surface area contributed by atoms with E-state index in [1.807, 2.05) is 37.3 Å². The molecule has 2 N–H and O–H groups in total. The Morgan fingerprint density at radius 2 is 1.58 bits per heavy atom. The average Bonchev–Trinajstić information content (AvgIpc) is 2.61. The zero-order valence-corrected chi connectivity index (χ0v) is 14.6. The Labute approximate surface area is 151 Å². The third kappa shape index (κ3) is 6.52. The standard InChI is InChI=1S/C20H23F3N2O/c1-15(12-13-16-8-4-2-5-9-16)25-18(26)14-24-19(20(21,22)23)17-10-6-3-7-11-17/h2-11,15,19,24H,12-14H2,1H3,(H,25,26). The fraction of sp³-hybridized carbons (Fsp3) is 0.350. The van der Waals surface area contributed by atoms with Crippen LogP contribution in [0.15, 0.2) is 60.7 Å². The molecule has 0 fully saturated rings. The van der Waals surface area contributed by atoms with Crippen LogP contribution < -0.4 is 10.6 Å². The van der Waals surface area contributed by atoms with E-state index in [0.29, 0.717) is 0 Å². The number of halogens is 3. The second-order valence-corrected chi connectivity index (χ2v) is 6.26. The number of carbonyl (C=O) groups is 1. The maximum absolute atomic E-state index is 13.2. The molecule has 2 aromatic carbocycles. The van der Waals surface area contributed by atoms with Gasteiger partial charge < -0.3 is 5.32 Å². The maximum Gasteiger partial charge on any atom is 0.407 e. The minimum Gasteiger partial charge on any atom is -0.353 e. The number of aryl methyl sites for hydroxylation is 1. The van der Waals surface area contributed by atoms with Crippen LogP contribution >= 0.6 is 0 Å². The van der Waals surface area contributed by atoms with Gasteiger partial charge in [0.15, 0.2) is 0 Å². The second kappa shape index (κ2) is 9.38. The summed E-state index contributed by atoms with van der Waals surface area (Å²) in [6, 6.07) is 15.4. The number of benzene rings is 2. The van der Waals surface area contributed by atoms with E-state index in [9.17, 15) is 18.0 Å². The first-order valence-electron chi connectivity index (χ1n) is 8.54. The van der Waals surface area contributed by atoms with Crippen LogP contribution in [0.25, 0.3) is 0 Å². The number of alkyl halides is 3. The van der Waals surface area contributed by atoms with Crippen LogP contribution in [0, 0.1) is 0 Å². The molecule has 0 saturated carbocycles. The molecule has 6 heteroatoms. The van der Waals surface area contributed by atoms with Gasteiger partial charge in [-0.15, -0.1) is 0 Å². The topological polar surface area (TPSA) is 41.1 Å². The highest BCUT2D eigenvalue weighted by molar-refractivity contribution is 5.78. The molecule has 2 rings (SSSR count). The van der Waals surface area contributed by atoms with E-state index in [4.69, 9.17) is 0 Å². The van der Waals surface area contributed by atoms with E-state index in [1.165, 1.54) is 12.1 Å². The maximum atomic E-state index is 13.2. The highest BCUT2D eigenvalue weighted by Gasteiger charge is 2.40. The summed E-state index contributed by atoms with van der Waals surface area (Å²) in [5, 5.41) is 5.06. The molecule has 0 aliphatic rings. The quantitative estimate of drug-likeness (QED) is 0.743. The zero-order valence-electron chi connectivity index (χ0n) is 14.6. The van der Waals surface area contributed by atoms with E-state index in [1.54, 1.807) is 18.2 Å². The molecule has 0 radical (unpaired) electrons. The highest BCUT2D eigenvalue weighted by atomic mass is 19.4. The van der Waals surface area contributed by atoms with E-state index in [0.717, 1.165) is 18.4 Å². The SMILES string of the molecule is CC(CCc1ccccc1)NC(=O)CNC(c1ccccc1)C(F)(F)F. The molecule has 0 heterocycles. The van der Waals surface area contributed by atoms with Crippen molar-refractivity contribution in [3.63, 3.8) is 0 Å². The van der Waals surface area contributed by atoms with Gasteiger partial charge in [0.2, 0.25) is 5.91 Å². The molecular formula is C20H23F3N2O. The highest BCUT2D eigenvalue weighted by Crippen LogP contribution is 2.32. The minimum atomic E-state index is -4.47. The molecule has 0 spiro atoms. The lowest BCUT2D eigenvalue weighted by molar-refractivity contribution is -0.158. The largest absolute Gasteiger partial charge is 0.407 e. The Bertz CT molecular complexity index is 674. The van der Waals surface area contributed by atoms with Gasteiger partial charge in [-0.25, -0.2) is 0 Å². The molecule has 2 aromatic rings. The van der Waals surface area contributed by atoms with Gasteiger partial charge in [-0.2, -0.15) is 13.2 Å². The zero-order chi connectivity index (χ0) is 19.0. The summed E-state index contributed by atoms with van der Waals surface area (Å²) in [5.74, 6) is -0.448. The number of carbonyl (C=O) groups excluding carboxylic acids is 1. The Hall–Kier alpha value is -2.34. The second-order valence-electron chi connectivity index (χ2n) is 6.26. The summed E-state index contributed by atoms with van der Waals surface area (Å²) < 4.78 is 39.7. The van der Waals surface area contributed by atoms with Crippen molar-refractivity contribution in [2.24, 2.45) is 0 Å². The van der Waals surface area contributed by atoms with Crippen LogP contribution in [0.4, 0.5) is 13.2 Å². The summed E-state index contributed by atoms with van der Waals surface area (Å²) >= 11 is 0. The molecule has 2 unspecified atom stereocenters. The van der Waals surface area contributed by atoms with Gasteiger partial charge in [-0.3, -0.25) is 10.1 Å². The predicted molar refractivity (Wildman–Crippen MR) is 95.6 cm³/mol. The normalized spacial score (nSPS) is 13.8. The molecule has 0 aromatic heterocycles. The number of hydrogen-bond acceptors (Lipinski definition) is 2. The van der Waals surface area contributed by atoms with E-state index in [-0.39, 0.29) is 11.6 Å². The lowest BCUT2D eigenvalue weighted by atomic mass is 10.1. The Kier molecular flexibility index (Phi) is 7.21. The Balaban J connectivity index is 1.82. The van der Waals surface area contributed by atoms with Crippen LogP contribution in [0.2, 0.25) is 0 Å². The lowest BCUT2D eigenvalue weighted by Gasteiger charge is -2.22. The molecule has 26 heavy (non-hydrogen) atoms. The molecule has 2 atom stereocenters. The molecule has 0 saturated heterocycles. The van der Waals surface area contributed by atoms with Gasteiger partial charge in [-0.1, -0.05) is 60.7 Å². The van der Waals surface area contributed by atoms with Crippen molar-refractivity contribution in [2.45, 2.75) is 38.0 Å². The predicted octanol–water partition coefficient (Wildman–Crippen LogP) is 4.02. The Morgan fingerprint density at radius 3 is 2.15 bits per heavy atom. The summed E-state index contributed by atoms with van der Waals surface area (Å²) in [7, 11) is 0. The molecule has 1 amide bonds. The van der Waals surface area contributed by atoms with Crippen LogP contribution in [-0.2, 0) is 11.2 Å². The smallest absolute Gasteiger partial charge is 0.353 e. The molecule has 3 nitrogen and oxygen atoms in total. The van der Waals surface area contributed by atoms with E-state index < -0.39 is 24.7 Å². The first-order chi connectivity index (χ1) is 12.4. The first-order valence-corrected chi connectivity index (χ1v) is 8.54. The third-order valence-corrected chi connectivity index (χ3v) is 4.04. The number of rotatable bonds is 8.